The molecule has 0 aliphatic rings. The van der Waals surface area contributed by atoms with Crippen molar-refractivity contribution in [2.24, 2.45) is 0 Å². The third-order valence-corrected chi connectivity index (χ3v) is 4.42. The topological polar surface area (TPSA) is 86.5 Å². The molecule has 27 heavy (non-hydrogen) atoms. The summed E-state index contributed by atoms with van der Waals surface area (Å²) in [7, 11) is 1.59. The summed E-state index contributed by atoms with van der Waals surface area (Å²) >= 11 is 1.17. The molecule has 0 saturated carbocycles. The summed E-state index contributed by atoms with van der Waals surface area (Å²) in [5, 5.41) is 11.0. The average Bonchev–Trinajstić information content (AvgIpc) is 3.15. The Morgan fingerprint density at radius 1 is 1.15 bits per heavy atom. The van der Waals surface area contributed by atoms with E-state index < -0.39 is 0 Å². The quantitative estimate of drug-likeness (QED) is 0.592. The number of rotatable bonds is 8. The molecule has 0 unspecified atom stereocenters. The van der Waals surface area contributed by atoms with E-state index in [1.165, 1.54) is 11.8 Å². The van der Waals surface area contributed by atoms with Crippen molar-refractivity contribution in [3.8, 4) is 11.5 Å². The number of thioether (sulfide) groups is 1. The van der Waals surface area contributed by atoms with E-state index in [9.17, 15) is 4.79 Å². The van der Waals surface area contributed by atoms with Crippen LogP contribution in [0.1, 0.15) is 11.5 Å². The molecule has 0 aliphatic heterocycles. The number of methoxy groups -OCH3 is 1. The van der Waals surface area contributed by atoms with Gasteiger partial charge in [0.1, 0.15) is 11.5 Å². The van der Waals surface area contributed by atoms with Crippen LogP contribution in [0.25, 0.3) is 0 Å². The zero-order valence-corrected chi connectivity index (χ0v) is 15.8. The number of carbonyl (C=O) groups excluding carboxylic acids is 1. The summed E-state index contributed by atoms with van der Waals surface area (Å²) in [6.45, 7) is 2.07. The molecule has 0 atom stereocenters. The van der Waals surface area contributed by atoms with Crippen LogP contribution >= 0.6 is 11.8 Å². The smallest absolute Gasteiger partial charge is 0.277 e. The van der Waals surface area contributed by atoms with Crippen LogP contribution in [0.2, 0.25) is 0 Å². The van der Waals surface area contributed by atoms with Crippen molar-refractivity contribution in [1.29, 1.82) is 0 Å². The average molecular weight is 385 g/mol. The normalized spacial score (nSPS) is 10.4. The molecule has 1 amide bonds. The maximum atomic E-state index is 12.1. The van der Waals surface area contributed by atoms with E-state index in [0.717, 1.165) is 11.3 Å². The van der Waals surface area contributed by atoms with Gasteiger partial charge in [0.15, 0.2) is 6.61 Å². The molecule has 0 spiro atoms. The molecule has 8 heteroatoms. The number of aryl methyl sites for hydroxylation is 1. The molecule has 1 aromatic heterocycles. The predicted octanol–water partition coefficient (Wildman–Crippen LogP) is 3.70. The standard InChI is InChI=1S/C19H19N3O4S/c1-13-6-3-4-9-16(13)20-17(23)12-27-19-22-21-18(26-19)11-25-15-8-5-7-14(10-15)24-2/h3-10H,11-12H2,1-2H3,(H,20,23). The van der Waals surface area contributed by atoms with Crippen LogP contribution < -0.4 is 14.8 Å². The molecule has 2 aromatic carbocycles. The lowest BCUT2D eigenvalue weighted by molar-refractivity contribution is -0.113. The number of nitrogens with one attached hydrogen (secondary N) is 1. The number of amides is 1. The SMILES string of the molecule is COc1cccc(OCc2nnc(SCC(=O)Nc3ccccc3C)o2)c1. The summed E-state index contributed by atoms with van der Waals surface area (Å²) in [5.74, 6) is 1.71. The van der Waals surface area contributed by atoms with E-state index in [0.29, 0.717) is 22.6 Å². The highest BCUT2D eigenvalue weighted by atomic mass is 32.2. The van der Waals surface area contributed by atoms with E-state index in [2.05, 4.69) is 15.5 Å². The maximum Gasteiger partial charge on any atom is 0.277 e. The fourth-order valence-electron chi connectivity index (χ4n) is 2.22. The second kappa shape index (κ2) is 9.09. The Labute approximate surface area is 161 Å². The van der Waals surface area contributed by atoms with Gasteiger partial charge in [-0.15, -0.1) is 10.2 Å². The molecule has 3 aromatic rings. The minimum Gasteiger partial charge on any atom is -0.497 e. The Morgan fingerprint density at radius 2 is 1.96 bits per heavy atom. The number of aromatic nitrogens is 2. The summed E-state index contributed by atoms with van der Waals surface area (Å²) < 4.78 is 16.2. The Bertz CT molecular complexity index is 913. The zero-order chi connectivity index (χ0) is 19.1. The van der Waals surface area contributed by atoms with Crippen LogP contribution in [0.15, 0.2) is 58.2 Å². The fourth-order valence-corrected chi connectivity index (χ4v) is 2.80. The van der Waals surface area contributed by atoms with Gasteiger partial charge in [-0.2, -0.15) is 0 Å². The number of para-hydroxylation sites is 1. The third kappa shape index (κ3) is 5.49. The highest BCUT2D eigenvalue weighted by Crippen LogP contribution is 2.21. The minimum atomic E-state index is -0.137. The van der Waals surface area contributed by atoms with Crippen LogP contribution in [0.5, 0.6) is 11.5 Å². The highest BCUT2D eigenvalue weighted by molar-refractivity contribution is 7.99. The lowest BCUT2D eigenvalue weighted by atomic mass is 10.2. The van der Waals surface area contributed by atoms with E-state index in [1.807, 2.05) is 49.4 Å². The molecule has 1 heterocycles. The largest absolute Gasteiger partial charge is 0.497 e. The molecule has 3 rings (SSSR count). The van der Waals surface area contributed by atoms with Crippen LogP contribution in [0, 0.1) is 6.92 Å². The summed E-state index contributed by atoms with van der Waals surface area (Å²) in [5.41, 5.74) is 1.80. The number of carbonyl (C=O) groups is 1. The number of hydrogen-bond donors (Lipinski definition) is 1. The molecule has 0 radical (unpaired) electrons. The second-order valence-corrected chi connectivity index (χ2v) is 6.51. The van der Waals surface area contributed by atoms with Crippen molar-refractivity contribution in [3.05, 3.63) is 60.0 Å². The Hall–Kier alpha value is -3.00. The van der Waals surface area contributed by atoms with Gasteiger partial charge in [-0.25, -0.2) is 0 Å². The number of nitrogens with zero attached hydrogens (tertiary/aromatic N) is 2. The van der Waals surface area contributed by atoms with Crippen molar-refractivity contribution >= 4 is 23.4 Å². The summed E-state index contributed by atoms with van der Waals surface area (Å²) in [6.07, 6.45) is 0. The number of benzene rings is 2. The van der Waals surface area contributed by atoms with Crippen molar-refractivity contribution in [2.75, 3.05) is 18.2 Å². The van der Waals surface area contributed by atoms with Gasteiger partial charge in [-0.05, 0) is 30.7 Å². The lowest BCUT2D eigenvalue weighted by Gasteiger charge is -2.06. The Morgan fingerprint density at radius 3 is 2.78 bits per heavy atom. The molecular weight excluding hydrogens is 366 g/mol. The Kier molecular flexibility index (Phi) is 6.32. The van der Waals surface area contributed by atoms with E-state index in [-0.39, 0.29) is 18.3 Å². The first kappa shape index (κ1) is 18.8. The predicted molar refractivity (Wildman–Crippen MR) is 102 cm³/mol. The highest BCUT2D eigenvalue weighted by Gasteiger charge is 2.11. The summed E-state index contributed by atoms with van der Waals surface area (Å²) in [6, 6.07) is 14.8. The third-order valence-electron chi connectivity index (χ3n) is 3.60. The van der Waals surface area contributed by atoms with Gasteiger partial charge >= 0.3 is 0 Å². The minimum absolute atomic E-state index is 0.135. The van der Waals surface area contributed by atoms with E-state index >= 15 is 0 Å². The molecule has 7 nitrogen and oxygen atoms in total. The van der Waals surface area contributed by atoms with Gasteiger partial charge in [0.05, 0.1) is 12.9 Å². The molecular formula is C19H19N3O4S. The molecule has 0 fully saturated rings. The number of anilines is 1. The fraction of sp³-hybridized carbons (Fsp3) is 0.211. The van der Waals surface area contributed by atoms with Gasteiger partial charge in [0.25, 0.3) is 11.1 Å². The summed E-state index contributed by atoms with van der Waals surface area (Å²) in [4.78, 5) is 12.1. The number of ether oxygens (including phenoxy) is 2. The van der Waals surface area contributed by atoms with Crippen molar-refractivity contribution in [3.63, 3.8) is 0 Å². The lowest BCUT2D eigenvalue weighted by Crippen LogP contribution is -2.14. The Balaban J connectivity index is 1.47. The van der Waals surface area contributed by atoms with Gasteiger partial charge in [0, 0.05) is 11.8 Å². The monoisotopic (exact) mass is 385 g/mol. The van der Waals surface area contributed by atoms with Gasteiger partial charge in [-0.1, -0.05) is 36.0 Å². The van der Waals surface area contributed by atoms with Gasteiger partial charge < -0.3 is 19.2 Å². The second-order valence-electron chi connectivity index (χ2n) is 5.58. The number of hydrogen-bond acceptors (Lipinski definition) is 7. The first-order valence-corrected chi connectivity index (χ1v) is 9.20. The molecule has 0 saturated heterocycles. The van der Waals surface area contributed by atoms with Crippen molar-refractivity contribution in [2.45, 2.75) is 18.8 Å². The van der Waals surface area contributed by atoms with Crippen molar-refractivity contribution in [1.82, 2.24) is 10.2 Å². The van der Waals surface area contributed by atoms with Crippen LogP contribution in [0.3, 0.4) is 0 Å². The van der Waals surface area contributed by atoms with E-state index in [4.69, 9.17) is 13.9 Å². The first-order valence-electron chi connectivity index (χ1n) is 8.21. The van der Waals surface area contributed by atoms with E-state index in [1.54, 1.807) is 13.2 Å². The maximum absolute atomic E-state index is 12.1. The van der Waals surface area contributed by atoms with Crippen LogP contribution in [-0.2, 0) is 11.4 Å². The molecule has 0 bridgehead atoms. The molecule has 140 valence electrons. The van der Waals surface area contributed by atoms with Gasteiger partial charge in [0.2, 0.25) is 5.91 Å². The van der Waals surface area contributed by atoms with Crippen LogP contribution in [0.4, 0.5) is 5.69 Å². The van der Waals surface area contributed by atoms with Gasteiger partial charge in [-0.3, -0.25) is 4.79 Å². The first-order chi connectivity index (χ1) is 13.1. The van der Waals surface area contributed by atoms with Crippen LogP contribution in [-0.4, -0.2) is 29.0 Å². The van der Waals surface area contributed by atoms with Crippen molar-refractivity contribution < 1.29 is 18.7 Å². The molecule has 0 aliphatic carbocycles. The molecule has 1 N–H and O–H groups in total. The zero-order valence-electron chi connectivity index (χ0n) is 15.0.